The second-order valence-corrected chi connectivity index (χ2v) is 6.07. The van der Waals surface area contributed by atoms with Gasteiger partial charge in [-0.2, -0.15) is 0 Å². The van der Waals surface area contributed by atoms with Crippen molar-refractivity contribution >= 4 is 28.7 Å². The minimum Gasteiger partial charge on any atom is -0.317 e. The van der Waals surface area contributed by atoms with Crippen LogP contribution >= 0.6 is 11.8 Å². The molecule has 0 aromatic carbocycles. The largest absolute Gasteiger partial charge is 0.433 e. The molecule has 1 N–H and O–H groups in total. The maximum Gasteiger partial charge on any atom is 0.433 e. The first kappa shape index (κ1) is 11.4. The molecule has 1 saturated carbocycles. The fraction of sp³-hybridized carbons (Fsp3) is 0.700. The Kier molecular flexibility index (Phi) is 2.92. The summed E-state index contributed by atoms with van der Waals surface area (Å²) in [5, 5.41) is 6.92. The van der Waals surface area contributed by atoms with Crippen LogP contribution in [0.3, 0.4) is 0 Å². The van der Waals surface area contributed by atoms with Gasteiger partial charge in [-0.15, -0.1) is 0 Å². The van der Waals surface area contributed by atoms with Crippen LogP contribution in [0.25, 0.3) is 0 Å². The lowest BCUT2D eigenvalue weighted by atomic mass is 10.1. The summed E-state index contributed by atoms with van der Waals surface area (Å²) in [5.41, 5.74) is 0.988. The van der Waals surface area contributed by atoms with Gasteiger partial charge < -0.3 is 5.32 Å². The molecule has 0 radical (unpaired) electrons. The zero-order chi connectivity index (χ0) is 11.8. The van der Waals surface area contributed by atoms with Crippen LogP contribution in [0.4, 0.5) is 4.79 Å². The molecule has 0 atom stereocenters. The average Bonchev–Trinajstić information content (AvgIpc) is 2.93. The highest BCUT2D eigenvalue weighted by Crippen LogP contribution is 2.33. The predicted octanol–water partition coefficient (Wildman–Crippen LogP) is 2.13. The number of aliphatic imine (C=N–C) groups is 1. The van der Waals surface area contributed by atoms with Gasteiger partial charge in [-0.1, -0.05) is 11.8 Å². The zero-order valence-electron chi connectivity index (χ0n) is 9.61. The van der Waals surface area contributed by atoms with Gasteiger partial charge in [-0.05, 0) is 38.8 Å². The van der Waals surface area contributed by atoms with Crippen LogP contribution in [0.5, 0.6) is 0 Å². The van der Waals surface area contributed by atoms with Crippen molar-refractivity contribution in [3.05, 3.63) is 0 Å². The van der Waals surface area contributed by atoms with Crippen molar-refractivity contribution in [1.29, 1.82) is 0 Å². The molecule has 88 valence electrons. The van der Waals surface area contributed by atoms with Gasteiger partial charge in [0.25, 0.3) is 0 Å². The van der Waals surface area contributed by atoms with Gasteiger partial charge in [0, 0.05) is 11.8 Å². The van der Waals surface area contributed by atoms with E-state index in [-0.39, 0.29) is 10.8 Å². The topological polar surface area (TPSA) is 63.1 Å². The van der Waals surface area contributed by atoms with E-state index in [1.165, 1.54) is 11.8 Å². The Morgan fingerprint density at radius 3 is 2.81 bits per heavy atom. The van der Waals surface area contributed by atoms with Gasteiger partial charge in [0.2, 0.25) is 5.17 Å². The quantitative estimate of drug-likeness (QED) is 0.595. The molecule has 0 spiro atoms. The van der Waals surface area contributed by atoms with E-state index in [9.17, 15) is 4.79 Å². The number of carbonyl (C=O) groups is 1. The van der Waals surface area contributed by atoms with Crippen LogP contribution in [0.15, 0.2) is 10.1 Å². The number of nitrogens with zero attached hydrogens (tertiary/aromatic N) is 2. The molecule has 0 bridgehead atoms. The standard InChI is InChI=1S/C10H15N3O2S/c1-6-10(2,3)16-8(11-6)13-15-9(14)12-7-4-5-7/h7H,4-5H2,1-3H3,(H,12,14). The normalized spacial score (nSPS) is 25.4. The Labute approximate surface area is 98.7 Å². The van der Waals surface area contributed by atoms with Crippen molar-refractivity contribution in [3.8, 4) is 0 Å². The molecule has 1 aliphatic carbocycles. The van der Waals surface area contributed by atoms with Crippen molar-refractivity contribution in [2.75, 3.05) is 0 Å². The highest BCUT2D eigenvalue weighted by Gasteiger charge is 2.32. The van der Waals surface area contributed by atoms with Gasteiger partial charge in [0.15, 0.2) is 0 Å². The third-order valence-corrected chi connectivity index (χ3v) is 3.74. The predicted molar refractivity (Wildman–Crippen MR) is 64.9 cm³/mol. The lowest BCUT2D eigenvalue weighted by molar-refractivity contribution is 0.150. The Bertz CT molecular complexity index is 372. The molecule has 0 unspecified atom stereocenters. The molecular formula is C10H15N3O2S. The molecule has 1 amide bonds. The summed E-state index contributed by atoms with van der Waals surface area (Å²) >= 11 is 1.49. The molecule has 1 fully saturated rings. The number of amidine groups is 1. The lowest BCUT2D eigenvalue weighted by Crippen LogP contribution is -2.24. The van der Waals surface area contributed by atoms with E-state index in [0.717, 1.165) is 18.6 Å². The monoisotopic (exact) mass is 241 g/mol. The van der Waals surface area contributed by atoms with Crippen LogP contribution in [0.2, 0.25) is 0 Å². The minimum absolute atomic E-state index is 0.0604. The van der Waals surface area contributed by atoms with Crippen LogP contribution < -0.4 is 5.32 Å². The third kappa shape index (κ3) is 2.75. The fourth-order valence-corrected chi connectivity index (χ4v) is 2.05. The summed E-state index contributed by atoms with van der Waals surface area (Å²) in [7, 11) is 0. The number of hydrogen-bond acceptors (Lipinski definition) is 4. The number of rotatable bonds is 2. The first-order valence-corrected chi connectivity index (χ1v) is 6.09. The Morgan fingerprint density at radius 1 is 1.62 bits per heavy atom. The minimum atomic E-state index is -0.492. The maximum atomic E-state index is 11.2. The van der Waals surface area contributed by atoms with E-state index >= 15 is 0 Å². The number of thioether (sulfide) groups is 1. The summed E-state index contributed by atoms with van der Waals surface area (Å²) in [6.07, 6.45) is 1.57. The van der Waals surface area contributed by atoms with E-state index in [2.05, 4.69) is 29.3 Å². The number of nitrogens with one attached hydrogen (secondary N) is 1. The van der Waals surface area contributed by atoms with Crippen molar-refractivity contribution in [1.82, 2.24) is 5.32 Å². The third-order valence-electron chi connectivity index (χ3n) is 2.59. The van der Waals surface area contributed by atoms with Crippen LogP contribution in [-0.2, 0) is 4.84 Å². The van der Waals surface area contributed by atoms with Crippen molar-refractivity contribution < 1.29 is 9.63 Å². The number of carbonyl (C=O) groups excluding carboxylic acids is 1. The first-order valence-electron chi connectivity index (χ1n) is 5.28. The molecule has 0 saturated heterocycles. The first-order chi connectivity index (χ1) is 7.47. The van der Waals surface area contributed by atoms with E-state index in [0.29, 0.717) is 5.17 Å². The summed E-state index contributed by atoms with van der Waals surface area (Å²) in [6, 6.07) is 0.283. The highest BCUT2D eigenvalue weighted by atomic mass is 32.2. The Morgan fingerprint density at radius 2 is 2.31 bits per heavy atom. The van der Waals surface area contributed by atoms with E-state index in [4.69, 9.17) is 4.84 Å². The van der Waals surface area contributed by atoms with Crippen LogP contribution in [0.1, 0.15) is 33.6 Å². The van der Waals surface area contributed by atoms with Crippen molar-refractivity contribution in [2.45, 2.75) is 44.4 Å². The average molecular weight is 241 g/mol. The number of oxime groups is 1. The van der Waals surface area contributed by atoms with E-state index in [1.54, 1.807) is 0 Å². The molecule has 1 aliphatic heterocycles. The molecule has 5 nitrogen and oxygen atoms in total. The van der Waals surface area contributed by atoms with Gasteiger partial charge in [-0.25, -0.2) is 9.79 Å². The van der Waals surface area contributed by atoms with Gasteiger partial charge >= 0.3 is 6.09 Å². The Balaban J connectivity index is 1.86. The molecule has 0 aromatic rings. The molecule has 2 rings (SSSR count). The van der Waals surface area contributed by atoms with Crippen molar-refractivity contribution in [3.63, 3.8) is 0 Å². The van der Waals surface area contributed by atoms with E-state index < -0.39 is 6.09 Å². The summed E-state index contributed by atoms with van der Waals surface area (Å²) in [4.78, 5) is 20.2. The number of amides is 1. The van der Waals surface area contributed by atoms with Crippen molar-refractivity contribution in [2.24, 2.45) is 10.1 Å². The second-order valence-electron chi connectivity index (χ2n) is 4.48. The molecule has 1 heterocycles. The summed E-state index contributed by atoms with van der Waals surface area (Å²) in [5.74, 6) is 0. The second kappa shape index (κ2) is 4.08. The van der Waals surface area contributed by atoms with Crippen LogP contribution in [-0.4, -0.2) is 27.8 Å². The van der Waals surface area contributed by atoms with Gasteiger partial charge in [0.05, 0.1) is 4.75 Å². The van der Waals surface area contributed by atoms with E-state index in [1.807, 2.05) is 6.92 Å². The Hall–Kier alpha value is -1.04. The number of hydrogen-bond donors (Lipinski definition) is 1. The molecule has 2 aliphatic rings. The smallest absolute Gasteiger partial charge is 0.317 e. The maximum absolute atomic E-state index is 11.2. The summed E-state index contributed by atoms with van der Waals surface area (Å²) in [6.45, 7) is 6.06. The van der Waals surface area contributed by atoms with Gasteiger partial charge in [-0.3, -0.25) is 4.84 Å². The highest BCUT2D eigenvalue weighted by molar-refractivity contribution is 8.16. The summed E-state index contributed by atoms with van der Waals surface area (Å²) < 4.78 is -0.0604. The zero-order valence-corrected chi connectivity index (χ0v) is 10.4. The van der Waals surface area contributed by atoms with Crippen LogP contribution in [0, 0.1) is 0 Å². The fourth-order valence-electron chi connectivity index (χ4n) is 1.14. The lowest BCUT2D eigenvalue weighted by Gasteiger charge is -2.14. The molecule has 0 aromatic heterocycles. The SMILES string of the molecule is CC1=NC(=NOC(=O)NC2CC2)SC1(C)C. The van der Waals surface area contributed by atoms with Gasteiger partial charge in [0.1, 0.15) is 0 Å². The molecule has 16 heavy (non-hydrogen) atoms. The molecular weight excluding hydrogens is 226 g/mol. The molecule has 6 heteroatoms.